The highest BCUT2D eigenvalue weighted by Crippen LogP contribution is 2.25. The number of carbonyl (C=O) groups is 1. The Morgan fingerprint density at radius 1 is 1.13 bits per heavy atom. The van der Waals surface area contributed by atoms with Crippen LogP contribution in [0.2, 0.25) is 0 Å². The highest BCUT2D eigenvalue weighted by atomic mass is 32.2. The number of sulfonamides is 1. The van der Waals surface area contributed by atoms with E-state index in [1.807, 2.05) is 31.2 Å². The summed E-state index contributed by atoms with van der Waals surface area (Å²) in [4.78, 5) is 12.4. The van der Waals surface area contributed by atoms with Gasteiger partial charge in [-0.1, -0.05) is 30.3 Å². The average Bonchev–Trinajstić information content (AvgIpc) is 2.74. The molecule has 0 saturated heterocycles. The lowest BCUT2D eigenvalue weighted by atomic mass is 10.0. The molecule has 0 unspecified atom stereocenters. The monoisotopic (exact) mass is 441 g/mol. The third-order valence-corrected chi connectivity index (χ3v) is 5.59. The van der Waals surface area contributed by atoms with E-state index in [1.54, 1.807) is 36.4 Å². The summed E-state index contributed by atoms with van der Waals surface area (Å²) in [6, 6.07) is 17.2. The van der Waals surface area contributed by atoms with E-state index in [-0.39, 0.29) is 5.75 Å². The Labute approximate surface area is 180 Å². The zero-order valence-electron chi connectivity index (χ0n) is 17.1. The van der Waals surface area contributed by atoms with E-state index in [2.05, 4.69) is 10.5 Å². The number of phenols is 1. The number of ether oxygens (including phenoxy) is 1. The van der Waals surface area contributed by atoms with Crippen molar-refractivity contribution in [1.29, 1.82) is 0 Å². The third-order valence-electron chi connectivity index (χ3n) is 4.45. The molecule has 9 heteroatoms. The van der Waals surface area contributed by atoms with Gasteiger partial charge in [0.1, 0.15) is 18.0 Å². The average molecular weight is 442 g/mol. The van der Waals surface area contributed by atoms with Crippen LogP contribution in [0.15, 0.2) is 65.8 Å². The lowest BCUT2D eigenvalue weighted by Gasteiger charge is -2.21. The van der Waals surface area contributed by atoms with Crippen LogP contribution < -0.4 is 14.5 Å². The molecule has 0 aromatic heterocycles. The van der Waals surface area contributed by atoms with Crippen LogP contribution in [0.4, 0.5) is 5.69 Å². The van der Waals surface area contributed by atoms with Gasteiger partial charge in [-0.25, -0.2) is 13.8 Å². The maximum atomic E-state index is 12.4. The molecule has 0 heterocycles. The third kappa shape index (κ3) is 5.52. The fourth-order valence-corrected chi connectivity index (χ4v) is 3.89. The molecule has 0 radical (unpaired) electrons. The van der Waals surface area contributed by atoms with Crippen LogP contribution in [-0.4, -0.2) is 45.1 Å². The standard InChI is InChI=1S/C22H23N3O5S/c1-3-30-18-11-9-17(10-12-18)25(31(2,28)29)15-22(27)24-23-14-20-19-7-5-4-6-16(19)8-13-21(20)26/h4-14,26H,3,15H2,1-2H3,(H,24,27)/b23-14-. The molecule has 2 N–H and O–H groups in total. The molecule has 31 heavy (non-hydrogen) atoms. The minimum Gasteiger partial charge on any atom is -0.507 e. The van der Waals surface area contributed by atoms with Gasteiger partial charge >= 0.3 is 0 Å². The highest BCUT2D eigenvalue weighted by molar-refractivity contribution is 7.92. The van der Waals surface area contributed by atoms with Crippen molar-refractivity contribution in [2.75, 3.05) is 23.7 Å². The minimum atomic E-state index is -3.71. The number of hydrazone groups is 1. The molecule has 8 nitrogen and oxygen atoms in total. The Kier molecular flexibility index (Phi) is 6.76. The van der Waals surface area contributed by atoms with E-state index in [9.17, 15) is 18.3 Å². The summed E-state index contributed by atoms with van der Waals surface area (Å²) in [6.45, 7) is 1.88. The number of rotatable bonds is 8. The first-order chi connectivity index (χ1) is 14.8. The number of carbonyl (C=O) groups excluding carboxylic acids is 1. The number of fused-ring (bicyclic) bond motifs is 1. The fourth-order valence-electron chi connectivity index (χ4n) is 3.03. The summed E-state index contributed by atoms with van der Waals surface area (Å²) >= 11 is 0. The van der Waals surface area contributed by atoms with Crippen molar-refractivity contribution in [3.05, 3.63) is 66.2 Å². The predicted octanol–water partition coefficient (Wildman–Crippen LogP) is 2.86. The van der Waals surface area contributed by atoms with Crippen molar-refractivity contribution in [3.8, 4) is 11.5 Å². The van der Waals surface area contributed by atoms with Gasteiger partial charge in [-0.15, -0.1) is 0 Å². The van der Waals surface area contributed by atoms with Crippen molar-refractivity contribution < 1.29 is 23.1 Å². The topological polar surface area (TPSA) is 108 Å². The Morgan fingerprint density at radius 2 is 1.84 bits per heavy atom. The van der Waals surface area contributed by atoms with Crippen molar-refractivity contribution in [3.63, 3.8) is 0 Å². The van der Waals surface area contributed by atoms with Gasteiger partial charge in [0.15, 0.2) is 0 Å². The van der Waals surface area contributed by atoms with Crippen LogP contribution in [-0.2, 0) is 14.8 Å². The minimum absolute atomic E-state index is 0.0175. The van der Waals surface area contributed by atoms with Crippen LogP contribution in [0.1, 0.15) is 12.5 Å². The molecule has 3 aromatic carbocycles. The molecule has 0 fully saturated rings. The molecule has 3 rings (SSSR count). The number of hydrogen-bond donors (Lipinski definition) is 2. The number of amides is 1. The SMILES string of the molecule is CCOc1ccc(N(CC(=O)N/N=C\c2c(O)ccc3ccccc23)S(C)(=O)=O)cc1. The molecule has 0 atom stereocenters. The fraction of sp³-hybridized carbons (Fsp3) is 0.182. The summed E-state index contributed by atoms with van der Waals surface area (Å²) in [5.74, 6) is -0.0113. The van der Waals surface area contributed by atoms with Gasteiger partial charge in [-0.2, -0.15) is 5.10 Å². The molecule has 0 aliphatic heterocycles. The molecule has 0 saturated carbocycles. The van der Waals surface area contributed by atoms with Gasteiger partial charge in [0.25, 0.3) is 5.91 Å². The molecule has 0 aliphatic carbocycles. The van der Waals surface area contributed by atoms with Gasteiger partial charge in [-0.05, 0) is 48.0 Å². The lowest BCUT2D eigenvalue weighted by Crippen LogP contribution is -2.39. The van der Waals surface area contributed by atoms with E-state index in [1.165, 1.54) is 6.21 Å². The van der Waals surface area contributed by atoms with Crippen molar-refractivity contribution in [2.45, 2.75) is 6.92 Å². The molecular formula is C22H23N3O5S. The van der Waals surface area contributed by atoms with Gasteiger partial charge in [0.2, 0.25) is 10.0 Å². The summed E-state index contributed by atoms with van der Waals surface area (Å²) in [7, 11) is -3.71. The van der Waals surface area contributed by atoms with E-state index in [0.717, 1.165) is 21.3 Å². The van der Waals surface area contributed by atoms with E-state index >= 15 is 0 Å². The Balaban J connectivity index is 1.74. The van der Waals surface area contributed by atoms with E-state index < -0.39 is 22.5 Å². The first-order valence-corrected chi connectivity index (χ1v) is 11.4. The molecule has 0 spiro atoms. The van der Waals surface area contributed by atoms with Crippen LogP contribution in [0.25, 0.3) is 10.8 Å². The molecule has 1 amide bonds. The summed E-state index contributed by atoms with van der Waals surface area (Å²) in [5.41, 5.74) is 3.09. The number of anilines is 1. The van der Waals surface area contributed by atoms with Crippen molar-refractivity contribution >= 4 is 38.6 Å². The second-order valence-corrected chi connectivity index (χ2v) is 8.62. The zero-order chi connectivity index (χ0) is 22.4. The van der Waals surface area contributed by atoms with Gasteiger partial charge in [-0.3, -0.25) is 9.10 Å². The number of nitrogens with zero attached hydrogens (tertiary/aromatic N) is 2. The molecular weight excluding hydrogens is 418 g/mol. The second kappa shape index (κ2) is 9.48. The van der Waals surface area contributed by atoms with Crippen molar-refractivity contribution in [2.24, 2.45) is 5.10 Å². The Bertz CT molecular complexity index is 1210. The largest absolute Gasteiger partial charge is 0.507 e. The number of hydrogen-bond acceptors (Lipinski definition) is 6. The first kappa shape index (κ1) is 22.1. The number of benzene rings is 3. The van der Waals surface area contributed by atoms with Gasteiger partial charge < -0.3 is 9.84 Å². The van der Waals surface area contributed by atoms with E-state index in [0.29, 0.717) is 23.6 Å². The molecule has 0 aliphatic rings. The van der Waals surface area contributed by atoms with Crippen LogP contribution in [0.5, 0.6) is 11.5 Å². The normalized spacial score (nSPS) is 11.5. The Morgan fingerprint density at radius 3 is 2.52 bits per heavy atom. The zero-order valence-corrected chi connectivity index (χ0v) is 18.0. The Hall–Kier alpha value is -3.59. The summed E-state index contributed by atoms with van der Waals surface area (Å²) in [5, 5.41) is 15.7. The van der Waals surface area contributed by atoms with E-state index in [4.69, 9.17) is 4.74 Å². The first-order valence-electron chi connectivity index (χ1n) is 9.53. The maximum absolute atomic E-state index is 12.4. The lowest BCUT2D eigenvalue weighted by molar-refractivity contribution is -0.119. The number of aromatic hydroxyl groups is 1. The van der Waals surface area contributed by atoms with Crippen LogP contribution in [0, 0.1) is 0 Å². The number of phenolic OH excluding ortho intramolecular Hbond substituents is 1. The molecule has 3 aromatic rings. The summed E-state index contributed by atoms with van der Waals surface area (Å²) < 4.78 is 30.7. The van der Waals surface area contributed by atoms with Gasteiger partial charge in [0.05, 0.1) is 24.8 Å². The number of nitrogens with one attached hydrogen (secondary N) is 1. The summed E-state index contributed by atoms with van der Waals surface area (Å²) in [6.07, 6.45) is 2.35. The molecule has 0 bridgehead atoms. The molecule has 162 valence electrons. The maximum Gasteiger partial charge on any atom is 0.260 e. The van der Waals surface area contributed by atoms with Crippen molar-refractivity contribution in [1.82, 2.24) is 5.43 Å². The second-order valence-electron chi connectivity index (χ2n) is 6.71. The smallest absolute Gasteiger partial charge is 0.260 e. The predicted molar refractivity (Wildman–Crippen MR) is 121 cm³/mol. The highest BCUT2D eigenvalue weighted by Gasteiger charge is 2.20. The van der Waals surface area contributed by atoms with Crippen LogP contribution >= 0.6 is 0 Å². The quantitative estimate of drug-likeness (QED) is 0.413. The van der Waals surface area contributed by atoms with Gasteiger partial charge in [0, 0.05) is 5.56 Å². The van der Waals surface area contributed by atoms with Crippen LogP contribution in [0.3, 0.4) is 0 Å².